The van der Waals surface area contributed by atoms with E-state index in [0.717, 1.165) is 22.1 Å². The molecule has 0 aliphatic heterocycles. The van der Waals surface area contributed by atoms with E-state index in [-0.39, 0.29) is 0 Å². The van der Waals surface area contributed by atoms with Crippen molar-refractivity contribution in [3.63, 3.8) is 0 Å². The van der Waals surface area contributed by atoms with Crippen LogP contribution in [-0.4, -0.2) is 12.5 Å². The van der Waals surface area contributed by atoms with E-state index < -0.39 is 0 Å². The molecule has 0 amide bonds. The molecule has 0 fully saturated rings. The molecular formula is C12H9IOS. The zero-order chi connectivity index (χ0) is 10.8. The Kier molecular flexibility index (Phi) is 3.31. The van der Waals surface area contributed by atoms with Crippen LogP contribution in [0, 0.1) is 3.57 Å². The average Bonchev–Trinajstić information content (AvgIpc) is 2.27. The number of thioether (sulfide) groups is 1. The predicted octanol–water partition coefficient (Wildman–Crippen LogP) is 3.98. The Hall–Kier alpha value is -0.550. The highest BCUT2D eigenvalue weighted by Crippen LogP contribution is 2.26. The second kappa shape index (κ2) is 4.53. The van der Waals surface area contributed by atoms with Gasteiger partial charge < -0.3 is 0 Å². The second-order valence-electron chi connectivity index (χ2n) is 3.20. The summed E-state index contributed by atoms with van der Waals surface area (Å²) in [5.74, 6) is 0. The lowest BCUT2D eigenvalue weighted by Gasteiger charge is -2.04. The predicted molar refractivity (Wildman–Crippen MR) is 73.8 cm³/mol. The van der Waals surface area contributed by atoms with Gasteiger partial charge in [0.2, 0.25) is 0 Å². The summed E-state index contributed by atoms with van der Waals surface area (Å²) in [4.78, 5) is 11.9. The summed E-state index contributed by atoms with van der Waals surface area (Å²) in [5.41, 5.74) is 0.774. The molecule has 2 aromatic carbocycles. The molecule has 0 aliphatic rings. The first-order valence-corrected chi connectivity index (χ1v) is 6.77. The van der Waals surface area contributed by atoms with Crippen LogP contribution < -0.4 is 0 Å². The summed E-state index contributed by atoms with van der Waals surface area (Å²) in [6.45, 7) is 0. The number of rotatable bonds is 2. The van der Waals surface area contributed by atoms with Crippen LogP contribution in [0.15, 0.2) is 35.2 Å². The molecule has 1 nitrogen and oxygen atoms in total. The first-order chi connectivity index (χ1) is 7.24. The van der Waals surface area contributed by atoms with Gasteiger partial charge >= 0.3 is 0 Å². The van der Waals surface area contributed by atoms with Crippen molar-refractivity contribution in [2.45, 2.75) is 4.90 Å². The Morgan fingerprint density at radius 3 is 2.67 bits per heavy atom. The molecule has 2 aromatic rings. The SMILES string of the molecule is CSc1cc2cc(I)ccc2cc1C=O. The molecule has 15 heavy (non-hydrogen) atoms. The quantitative estimate of drug-likeness (QED) is 0.471. The van der Waals surface area contributed by atoms with Crippen molar-refractivity contribution in [2.24, 2.45) is 0 Å². The third kappa shape index (κ3) is 2.18. The third-order valence-corrected chi connectivity index (χ3v) is 3.74. The van der Waals surface area contributed by atoms with Crippen molar-refractivity contribution in [3.8, 4) is 0 Å². The van der Waals surface area contributed by atoms with Gasteiger partial charge in [0.05, 0.1) is 0 Å². The molecule has 0 heterocycles. The number of carbonyl (C=O) groups excluding carboxylic acids is 1. The molecule has 0 N–H and O–H groups in total. The van der Waals surface area contributed by atoms with Gasteiger partial charge in [0, 0.05) is 14.0 Å². The molecule has 0 radical (unpaired) electrons. The lowest BCUT2D eigenvalue weighted by molar-refractivity contribution is 0.112. The number of halogens is 1. The van der Waals surface area contributed by atoms with Gasteiger partial charge in [-0.2, -0.15) is 0 Å². The van der Waals surface area contributed by atoms with E-state index in [2.05, 4.69) is 40.8 Å². The molecule has 3 heteroatoms. The van der Waals surface area contributed by atoms with Gasteiger partial charge in [0.15, 0.2) is 6.29 Å². The molecular weight excluding hydrogens is 319 g/mol. The maximum absolute atomic E-state index is 10.9. The molecule has 0 aromatic heterocycles. The minimum atomic E-state index is 0.774. The fourth-order valence-corrected chi connectivity index (χ4v) is 2.64. The normalized spacial score (nSPS) is 10.5. The lowest BCUT2D eigenvalue weighted by Crippen LogP contribution is -1.86. The fourth-order valence-electron chi connectivity index (χ4n) is 1.53. The first kappa shape index (κ1) is 11.0. The van der Waals surface area contributed by atoms with E-state index in [9.17, 15) is 4.79 Å². The second-order valence-corrected chi connectivity index (χ2v) is 5.30. The van der Waals surface area contributed by atoms with Crippen molar-refractivity contribution in [1.82, 2.24) is 0 Å². The van der Waals surface area contributed by atoms with Crippen LogP contribution >= 0.6 is 34.4 Å². The fraction of sp³-hybridized carbons (Fsp3) is 0.0833. The Morgan fingerprint density at radius 1 is 1.20 bits per heavy atom. The molecule has 0 saturated carbocycles. The smallest absolute Gasteiger partial charge is 0.151 e. The Balaban J connectivity index is 2.75. The van der Waals surface area contributed by atoms with Gasteiger partial charge in [0.1, 0.15) is 0 Å². The molecule has 2 rings (SSSR count). The van der Waals surface area contributed by atoms with Crippen LogP contribution in [0.3, 0.4) is 0 Å². The van der Waals surface area contributed by atoms with Crippen LogP contribution in [-0.2, 0) is 0 Å². The van der Waals surface area contributed by atoms with Crippen molar-refractivity contribution in [1.29, 1.82) is 0 Å². The summed E-state index contributed by atoms with van der Waals surface area (Å²) in [7, 11) is 0. The minimum absolute atomic E-state index is 0.774. The van der Waals surface area contributed by atoms with Gasteiger partial charge in [0.25, 0.3) is 0 Å². The zero-order valence-electron chi connectivity index (χ0n) is 8.16. The summed E-state index contributed by atoms with van der Waals surface area (Å²) in [6, 6.07) is 10.3. The molecule has 0 unspecified atom stereocenters. The largest absolute Gasteiger partial charge is 0.298 e. The van der Waals surface area contributed by atoms with E-state index in [1.807, 2.05) is 18.4 Å². The van der Waals surface area contributed by atoms with Gasteiger partial charge in [-0.3, -0.25) is 4.79 Å². The summed E-state index contributed by atoms with van der Waals surface area (Å²) in [6.07, 6.45) is 2.91. The van der Waals surface area contributed by atoms with Crippen LogP contribution in [0.2, 0.25) is 0 Å². The third-order valence-electron chi connectivity index (χ3n) is 2.28. The van der Waals surface area contributed by atoms with Gasteiger partial charge in [-0.15, -0.1) is 11.8 Å². The van der Waals surface area contributed by atoms with Gasteiger partial charge in [-0.05, 0) is 63.9 Å². The lowest BCUT2D eigenvalue weighted by atomic mass is 10.1. The van der Waals surface area contributed by atoms with E-state index in [4.69, 9.17) is 0 Å². The molecule has 0 saturated heterocycles. The van der Waals surface area contributed by atoms with Crippen LogP contribution in [0.4, 0.5) is 0 Å². The van der Waals surface area contributed by atoms with Crippen LogP contribution in [0.25, 0.3) is 10.8 Å². The summed E-state index contributed by atoms with van der Waals surface area (Å²) >= 11 is 3.90. The average molecular weight is 328 g/mol. The summed E-state index contributed by atoms with van der Waals surface area (Å²) in [5, 5.41) is 2.31. The van der Waals surface area contributed by atoms with E-state index in [0.29, 0.717) is 0 Å². The Labute approximate surface area is 106 Å². The Bertz CT molecular complexity index is 522. The van der Waals surface area contributed by atoms with E-state index in [1.165, 1.54) is 8.96 Å². The summed E-state index contributed by atoms with van der Waals surface area (Å²) < 4.78 is 1.21. The highest BCUT2D eigenvalue weighted by atomic mass is 127. The Morgan fingerprint density at radius 2 is 2.00 bits per heavy atom. The van der Waals surface area contributed by atoms with Crippen molar-refractivity contribution < 1.29 is 4.79 Å². The highest BCUT2D eigenvalue weighted by Gasteiger charge is 2.03. The molecule has 0 aliphatic carbocycles. The number of fused-ring (bicyclic) bond motifs is 1. The van der Waals surface area contributed by atoms with E-state index >= 15 is 0 Å². The first-order valence-electron chi connectivity index (χ1n) is 4.47. The van der Waals surface area contributed by atoms with Crippen LogP contribution in [0.1, 0.15) is 10.4 Å². The number of carbonyl (C=O) groups is 1. The number of aldehydes is 1. The van der Waals surface area contributed by atoms with Gasteiger partial charge in [-0.25, -0.2) is 0 Å². The molecule has 0 bridgehead atoms. The molecule has 0 atom stereocenters. The zero-order valence-corrected chi connectivity index (χ0v) is 11.1. The standard InChI is InChI=1S/C12H9IOS/c1-15-12-6-9-5-11(13)3-2-8(9)4-10(12)7-14/h2-7H,1H3. The molecule has 0 spiro atoms. The van der Waals surface area contributed by atoms with Crippen molar-refractivity contribution >= 4 is 51.4 Å². The minimum Gasteiger partial charge on any atom is -0.298 e. The van der Waals surface area contributed by atoms with Crippen molar-refractivity contribution in [3.05, 3.63) is 39.5 Å². The van der Waals surface area contributed by atoms with E-state index in [1.54, 1.807) is 11.8 Å². The maximum Gasteiger partial charge on any atom is 0.151 e. The highest BCUT2D eigenvalue weighted by molar-refractivity contribution is 14.1. The van der Waals surface area contributed by atoms with Crippen molar-refractivity contribution in [2.75, 3.05) is 6.26 Å². The van der Waals surface area contributed by atoms with Crippen LogP contribution in [0.5, 0.6) is 0 Å². The topological polar surface area (TPSA) is 17.1 Å². The monoisotopic (exact) mass is 328 g/mol. The number of hydrogen-bond acceptors (Lipinski definition) is 2. The molecule has 76 valence electrons. The number of hydrogen-bond donors (Lipinski definition) is 0. The maximum atomic E-state index is 10.9. The van der Waals surface area contributed by atoms with Gasteiger partial charge in [-0.1, -0.05) is 6.07 Å². The number of benzene rings is 2.